The topological polar surface area (TPSA) is 38.1 Å². The van der Waals surface area contributed by atoms with Crippen molar-refractivity contribution in [3.63, 3.8) is 0 Å². The number of rotatable bonds is 1. The van der Waals surface area contributed by atoms with Crippen LogP contribution < -0.4 is 0 Å². The Morgan fingerprint density at radius 2 is 2.06 bits per heavy atom. The number of benzene rings is 1. The second-order valence-electron chi connectivity index (χ2n) is 5.08. The first-order valence-electron chi connectivity index (χ1n) is 6.40. The predicted octanol–water partition coefficient (Wildman–Crippen LogP) is 2.03. The Morgan fingerprint density at radius 1 is 1.28 bits per heavy atom. The molecule has 1 aromatic heterocycles. The van der Waals surface area contributed by atoms with Crippen molar-refractivity contribution in [3.05, 3.63) is 30.1 Å². The molecule has 0 fully saturated rings. The van der Waals surface area contributed by atoms with Crippen molar-refractivity contribution in [2.45, 2.75) is 26.9 Å². The number of hydrogen-bond acceptors (Lipinski definition) is 2. The number of carbonyl (C=O) groups is 1. The van der Waals surface area contributed by atoms with Gasteiger partial charge >= 0.3 is 0 Å². The van der Waals surface area contributed by atoms with Gasteiger partial charge in [-0.15, -0.1) is 0 Å². The molecule has 94 valence electrons. The van der Waals surface area contributed by atoms with Crippen molar-refractivity contribution in [2.75, 3.05) is 6.54 Å². The molecule has 1 aliphatic heterocycles. The van der Waals surface area contributed by atoms with Gasteiger partial charge in [0.1, 0.15) is 5.82 Å². The van der Waals surface area contributed by atoms with E-state index in [1.54, 1.807) is 0 Å². The van der Waals surface area contributed by atoms with Gasteiger partial charge in [0, 0.05) is 19.0 Å². The molecular formula is C14H17N3O. The van der Waals surface area contributed by atoms with Gasteiger partial charge in [0.05, 0.1) is 17.6 Å². The predicted molar refractivity (Wildman–Crippen MR) is 70.0 cm³/mol. The zero-order valence-corrected chi connectivity index (χ0v) is 10.8. The van der Waals surface area contributed by atoms with E-state index in [2.05, 4.69) is 15.6 Å². The average Bonchev–Trinajstić information content (AvgIpc) is 2.75. The monoisotopic (exact) mass is 243 g/mol. The third-order valence-electron chi connectivity index (χ3n) is 3.46. The molecule has 1 aromatic carbocycles. The minimum Gasteiger partial charge on any atom is -0.333 e. The maximum Gasteiger partial charge on any atom is 0.225 e. The van der Waals surface area contributed by atoms with Crippen LogP contribution in [0.2, 0.25) is 0 Å². The van der Waals surface area contributed by atoms with Crippen LogP contribution in [0.1, 0.15) is 19.7 Å². The molecule has 4 nitrogen and oxygen atoms in total. The maximum atomic E-state index is 12.0. The summed E-state index contributed by atoms with van der Waals surface area (Å²) in [5, 5.41) is 0. The number of imidazole rings is 1. The van der Waals surface area contributed by atoms with Gasteiger partial charge in [-0.3, -0.25) is 4.79 Å². The molecule has 4 heteroatoms. The van der Waals surface area contributed by atoms with Crippen LogP contribution >= 0.6 is 0 Å². The average molecular weight is 243 g/mol. The number of fused-ring (bicyclic) bond motifs is 3. The van der Waals surface area contributed by atoms with Gasteiger partial charge in [0.15, 0.2) is 0 Å². The van der Waals surface area contributed by atoms with E-state index in [0.717, 1.165) is 24.4 Å². The van der Waals surface area contributed by atoms with E-state index in [1.165, 1.54) is 5.52 Å². The number of carbonyl (C=O) groups excluding carboxylic acids is 1. The summed E-state index contributed by atoms with van der Waals surface area (Å²) in [6, 6.07) is 8.14. The highest BCUT2D eigenvalue weighted by Crippen LogP contribution is 2.21. The first-order chi connectivity index (χ1) is 8.66. The molecule has 18 heavy (non-hydrogen) atoms. The fraction of sp³-hybridized carbons (Fsp3) is 0.429. The van der Waals surface area contributed by atoms with Crippen molar-refractivity contribution in [3.8, 4) is 0 Å². The summed E-state index contributed by atoms with van der Waals surface area (Å²) in [5.74, 6) is 1.27. The van der Waals surface area contributed by atoms with Gasteiger partial charge in [-0.2, -0.15) is 0 Å². The number of amides is 1. The summed E-state index contributed by atoms with van der Waals surface area (Å²) >= 11 is 0. The summed E-state index contributed by atoms with van der Waals surface area (Å²) < 4.78 is 2.22. The maximum absolute atomic E-state index is 12.0. The molecule has 1 amide bonds. The minimum absolute atomic E-state index is 0.0564. The largest absolute Gasteiger partial charge is 0.333 e. The van der Waals surface area contributed by atoms with Crippen LogP contribution in [0.15, 0.2) is 24.3 Å². The van der Waals surface area contributed by atoms with E-state index in [-0.39, 0.29) is 11.8 Å². The van der Waals surface area contributed by atoms with Crippen molar-refractivity contribution in [2.24, 2.45) is 5.92 Å². The Labute approximate surface area is 106 Å². The molecule has 3 rings (SSSR count). The molecule has 0 saturated heterocycles. The summed E-state index contributed by atoms with van der Waals surface area (Å²) in [4.78, 5) is 18.5. The van der Waals surface area contributed by atoms with E-state index in [9.17, 15) is 4.79 Å². The van der Waals surface area contributed by atoms with Crippen molar-refractivity contribution >= 4 is 16.9 Å². The molecule has 0 radical (unpaired) electrons. The standard InChI is InChI=1S/C14H17N3O/c1-10(2)14(18)16-7-8-17-12-6-4-3-5-11(12)15-13(17)9-16/h3-6,10H,7-9H2,1-2H3. The highest BCUT2D eigenvalue weighted by molar-refractivity contribution is 5.79. The van der Waals surface area contributed by atoms with Crippen LogP contribution in [0, 0.1) is 5.92 Å². The van der Waals surface area contributed by atoms with E-state index in [4.69, 9.17) is 0 Å². The first kappa shape index (κ1) is 11.3. The van der Waals surface area contributed by atoms with Crippen molar-refractivity contribution < 1.29 is 4.79 Å². The van der Waals surface area contributed by atoms with Gasteiger partial charge in [-0.05, 0) is 12.1 Å². The van der Waals surface area contributed by atoms with Crippen LogP contribution in [-0.4, -0.2) is 26.9 Å². The number of hydrogen-bond donors (Lipinski definition) is 0. The summed E-state index contributed by atoms with van der Waals surface area (Å²) in [6.07, 6.45) is 0. The molecule has 2 aromatic rings. The third-order valence-corrected chi connectivity index (χ3v) is 3.46. The number of nitrogens with zero attached hydrogens (tertiary/aromatic N) is 3. The van der Waals surface area contributed by atoms with E-state index < -0.39 is 0 Å². The molecule has 1 aliphatic rings. The highest BCUT2D eigenvalue weighted by Gasteiger charge is 2.24. The molecule has 0 bridgehead atoms. The Kier molecular flexibility index (Phi) is 2.58. The smallest absolute Gasteiger partial charge is 0.225 e. The lowest BCUT2D eigenvalue weighted by Crippen LogP contribution is -2.40. The Morgan fingerprint density at radius 3 is 2.83 bits per heavy atom. The van der Waals surface area contributed by atoms with Crippen LogP contribution in [0.5, 0.6) is 0 Å². The van der Waals surface area contributed by atoms with Gasteiger partial charge in [0.25, 0.3) is 0 Å². The molecule has 0 atom stereocenters. The van der Waals surface area contributed by atoms with Gasteiger partial charge in [0.2, 0.25) is 5.91 Å². The summed E-state index contributed by atoms with van der Waals surface area (Å²) in [5.41, 5.74) is 2.19. The zero-order chi connectivity index (χ0) is 12.7. The summed E-state index contributed by atoms with van der Waals surface area (Å²) in [6.45, 7) is 6.14. The molecule has 2 heterocycles. The van der Waals surface area contributed by atoms with Crippen molar-refractivity contribution in [1.29, 1.82) is 0 Å². The van der Waals surface area contributed by atoms with E-state index in [0.29, 0.717) is 6.54 Å². The van der Waals surface area contributed by atoms with E-state index >= 15 is 0 Å². The third kappa shape index (κ3) is 1.68. The number of para-hydroxylation sites is 2. The number of aromatic nitrogens is 2. The van der Waals surface area contributed by atoms with Crippen LogP contribution in [0.25, 0.3) is 11.0 Å². The molecular weight excluding hydrogens is 226 g/mol. The second kappa shape index (κ2) is 4.12. The Balaban J connectivity index is 1.96. The molecule has 0 N–H and O–H groups in total. The normalized spacial score (nSPS) is 15.2. The van der Waals surface area contributed by atoms with Gasteiger partial charge in [-0.25, -0.2) is 4.98 Å². The lowest BCUT2D eigenvalue weighted by molar-refractivity contribution is -0.135. The Bertz CT molecular complexity index is 600. The zero-order valence-electron chi connectivity index (χ0n) is 10.8. The molecule has 0 spiro atoms. The lowest BCUT2D eigenvalue weighted by atomic mass is 10.2. The first-order valence-corrected chi connectivity index (χ1v) is 6.40. The van der Waals surface area contributed by atoms with Crippen molar-refractivity contribution in [1.82, 2.24) is 14.5 Å². The van der Waals surface area contributed by atoms with Gasteiger partial charge < -0.3 is 9.47 Å². The van der Waals surface area contributed by atoms with Crippen LogP contribution in [0.4, 0.5) is 0 Å². The SMILES string of the molecule is CC(C)C(=O)N1CCn2c(nc3ccccc32)C1. The molecule has 0 saturated carbocycles. The van der Waals surface area contributed by atoms with E-state index in [1.807, 2.05) is 36.9 Å². The Hall–Kier alpha value is -1.84. The fourth-order valence-electron chi connectivity index (χ4n) is 2.52. The summed E-state index contributed by atoms with van der Waals surface area (Å²) in [7, 11) is 0. The minimum atomic E-state index is 0.0564. The quantitative estimate of drug-likeness (QED) is 0.768. The molecule has 0 unspecified atom stereocenters. The fourth-order valence-corrected chi connectivity index (χ4v) is 2.52. The highest BCUT2D eigenvalue weighted by atomic mass is 16.2. The van der Waals surface area contributed by atoms with Gasteiger partial charge in [-0.1, -0.05) is 26.0 Å². The lowest BCUT2D eigenvalue weighted by Gasteiger charge is -2.29. The van der Waals surface area contributed by atoms with Crippen LogP contribution in [0.3, 0.4) is 0 Å². The molecule has 0 aliphatic carbocycles. The van der Waals surface area contributed by atoms with Crippen LogP contribution in [-0.2, 0) is 17.9 Å². The second-order valence-corrected chi connectivity index (χ2v) is 5.08.